The van der Waals surface area contributed by atoms with Gasteiger partial charge in [-0.25, -0.2) is 0 Å². The zero-order valence-electron chi connectivity index (χ0n) is 14.2. The average molecular weight is 313 g/mol. The van der Waals surface area contributed by atoms with Gasteiger partial charge in [0.1, 0.15) is 0 Å². The van der Waals surface area contributed by atoms with Crippen molar-refractivity contribution in [3.8, 4) is 0 Å². The summed E-state index contributed by atoms with van der Waals surface area (Å²) in [5, 5.41) is 0.341. The van der Waals surface area contributed by atoms with Crippen LogP contribution in [0.1, 0.15) is 25.7 Å². The summed E-state index contributed by atoms with van der Waals surface area (Å²) >= 11 is 0. The molecule has 0 aromatic rings. The molecule has 3 atom stereocenters. The molecule has 0 heterocycles. The van der Waals surface area contributed by atoms with E-state index in [0.29, 0.717) is 11.6 Å². The van der Waals surface area contributed by atoms with Crippen molar-refractivity contribution in [3.05, 3.63) is 0 Å². The maximum Gasteiger partial charge on any atom is 0.309 e. The van der Waals surface area contributed by atoms with E-state index < -0.39 is 16.1 Å². The molecule has 0 spiro atoms. The minimum atomic E-state index is -1.33. The Morgan fingerprint density at radius 3 is 2.35 bits per heavy atom. The Hall–Kier alpha value is -0.0962. The van der Waals surface area contributed by atoms with E-state index in [1.54, 1.807) is 0 Å². The zero-order chi connectivity index (χ0) is 15.2. The van der Waals surface area contributed by atoms with Gasteiger partial charge in [0.15, 0.2) is 0 Å². The van der Waals surface area contributed by atoms with Crippen LogP contribution < -0.4 is 0 Å². The van der Waals surface area contributed by atoms with Gasteiger partial charge in [-0.15, -0.1) is 0 Å². The first-order valence-corrected chi connectivity index (χ1v) is 15.4. The number of hydrogen-bond donors (Lipinski definition) is 0. The average Bonchev–Trinajstić information content (AvgIpc) is 2.84. The lowest BCUT2D eigenvalue weighted by molar-refractivity contribution is -0.149. The van der Waals surface area contributed by atoms with Crippen LogP contribution in [0.5, 0.6) is 0 Å². The molecule has 2 fully saturated rings. The largest absolute Gasteiger partial charge is 0.466 e. The summed E-state index contributed by atoms with van der Waals surface area (Å²) in [4.78, 5) is 12.6. The molecule has 0 saturated heterocycles. The Bertz CT molecular complexity index is 381. The Balaban J connectivity index is 2.00. The molecule has 2 aliphatic rings. The molecule has 3 unspecified atom stereocenters. The van der Waals surface area contributed by atoms with Crippen LogP contribution in [0, 0.1) is 11.8 Å². The standard InChI is InChI=1S/C16H32O2Si2/c1-19(2,3)10-9-18-15(17)14-11-13-7-8-16(14,12-13)20(4,5)6/h13-14H,7-12H2,1-6H3. The number of hydrogen-bond acceptors (Lipinski definition) is 2. The lowest BCUT2D eigenvalue weighted by Gasteiger charge is -2.43. The first kappa shape index (κ1) is 16.3. The summed E-state index contributed by atoms with van der Waals surface area (Å²) < 4.78 is 5.69. The molecule has 0 aromatic heterocycles. The summed E-state index contributed by atoms with van der Waals surface area (Å²) in [5.41, 5.74) is 0. The second-order valence-electron chi connectivity index (χ2n) is 9.28. The second-order valence-corrected chi connectivity index (χ2v) is 20.4. The minimum Gasteiger partial charge on any atom is -0.466 e. The monoisotopic (exact) mass is 312 g/mol. The molecule has 0 amide bonds. The SMILES string of the molecule is C[Si](C)(C)CCOC(=O)C1CC2CCC1([Si](C)(C)C)C2. The van der Waals surface area contributed by atoms with Gasteiger partial charge < -0.3 is 4.74 Å². The Morgan fingerprint density at radius 2 is 1.85 bits per heavy atom. The van der Waals surface area contributed by atoms with Crippen molar-refractivity contribution in [1.29, 1.82) is 0 Å². The molecule has 0 radical (unpaired) electrons. The van der Waals surface area contributed by atoms with E-state index in [-0.39, 0.29) is 11.9 Å². The summed E-state index contributed by atoms with van der Waals surface area (Å²) in [5.74, 6) is 1.15. The number of ether oxygens (including phenoxy) is 1. The Morgan fingerprint density at radius 1 is 1.20 bits per heavy atom. The van der Waals surface area contributed by atoms with Crippen LogP contribution in [-0.2, 0) is 9.53 Å². The van der Waals surface area contributed by atoms with E-state index in [1.165, 1.54) is 19.3 Å². The maximum absolute atomic E-state index is 12.6. The van der Waals surface area contributed by atoms with Crippen LogP contribution >= 0.6 is 0 Å². The zero-order valence-corrected chi connectivity index (χ0v) is 16.2. The maximum atomic E-state index is 12.6. The molecule has 4 heteroatoms. The van der Waals surface area contributed by atoms with Gasteiger partial charge in [-0.1, -0.05) is 45.7 Å². The molecule has 0 N–H and O–H groups in total. The van der Waals surface area contributed by atoms with Crippen molar-refractivity contribution in [2.45, 2.75) is 76.0 Å². The number of fused-ring (bicyclic) bond motifs is 2. The highest BCUT2D eigenvalue weighted by Crippen LogP contribution is 2.67. The van der Waals surface area contributed by atoms with E-state index >= 15 is 0 Å². The molecule has 20 heavy (non-hydrogen) atoms. The number of rotatable bonds is 5. The molecule has 2 bridgehead atoms. The first-order valence-electron chi connectivity index (χ1n) is 8.22. The van der Waals surface area contributed by atoms with Gasteiger partial charge in [-0.2, -0.15) is 0 Å². The lowest BCUT2D eigenvalue weighted by atomic mass is 9.88. The number of carbonyl (C=O) groups excluding carboxylic acids is 1. The van der Waals surface area contributed by atoms with Crippen molar-refractivity contribution >= 4 is 22.1 Å². The van der Waals surface area contributed by atoms with Gasteiger partial charge >= 0.3 is 5.97 Å². The molecule has 2 saturated carbocycles. The van der Waals surface area contributed by atoms with Crippen molar-refractivity contribution in [2.75, 3.05) is 6.61 Å². The van der Waals surface area contributed by atoms with Crippen LogP contribution in [0.2, 0.25) is 50.4 Å². The minimum absolute atomic E-state index is 0.132. The van der Waals surface area contributed by atoms with Crippen LogP contribution in [0.3, 0.4) is 0 Å². The third-order valence-electron chi connectivity index (χ3n) is 5.76. The lowest BCUT2D eigenvalue weighted by Crippen LogP contribution is -2.44. The predicted octanol–water partition coefficient (Wildman–Crippen LogP) is 4.77. The normalized spacial score (nSPS) is 33.5. The molecule has 0 aromatic carbocycles. The molecule has 0 aliphatic heterocycles. The first-order chi connectivity index (χ1) is 9.05. The summed E-state index contributed by atoms with van der Waals surface area (Å²) in [6.07, 6.45) is 5.04. The van der Waals surface area contributed by atoms with Gasteiger partial charge in [0, 0.05) is 8.07 Å². The molecule has 2 aliphatic carbocycles. The van der Waals surface area contributed by atoms with Crippen LogP contribution in [0.15, 0.2) is 0 Å². The fourth-order valence-electron chi connectivity index (χ4n) is 4.34. The molecule has 2 nitrogen and oxygen atoms in total. The third-order valence-corrected chi connectivity index (χ3v) is 11.3. The summed E-state index contributed by atoms with van der Waals surface area (Å²) in [6.45, 7) is 15.0. The fraction of sp³-hybridized carbons (Fsp3) is 0.938. The van der Waals surface area contributed by atoms with Gasteiger partial charge in [0.2, 0.25) is 0 Å². The quantitative estimate of drug-likeness (QED) is 0.540. The van der Waals surface area contributed by atoms with Crippen LogP contribution in [0.4, 0.5) is 0 Å². The van der Waals surface area contributed by atoms with E-state index in [9.17, 15) is 4.79 Å². The fourth-order valence-corrected chi connectivity index (χ4v) is 8.13. The Labute approximate surface area is 126 Å². The number of esters is 1. The highest BCUT2D eigenvalue weighted by Gasteiger charge is 2.60. The number of carbonyl (C=O) groups is 1. The van der Waals surface area contributed by atoms with E-state index in [1.807, 2.05) is 0 Å². The van der Waals surface area contributed by atoms with Gasteiger partial charge in [0.05, 0.1) is 20.6 Å². The third kappa shape index (κ3) is 3.06. The van der Waals surface area contributed by atoms with Crippen molar-refractivity contribution in [1.82, 2.24) is 0 Å². The molecule has 2 rings (SSSR count). The van der Waals surface area contributed by atoms with Crippen molar-refractivity contribution in [2.24, 2.45) is 11.8 Å². The second kappa shape index (κ2) is 5.27. The van der Waals surface area contributed by atoms with E-state index in [2.05, 4.69) is 39.3 Å². The van der Waals surface area contributed by atoms with Gasteiger partial charge in [-0.05, 0) is 36.3 Å². The van der Waals surface area contributed by atoms with E-state index in [4.69, 9.17) is 4.74 Å². The van der Waals surface area contributed by atoms with Crippen molar-refractivity contribution in [3.63, 3.8) is 0 Å². The summed E-state index contributed by atoms with van der Waals surface area (Å²) in [6, 6.07) is 1.09. The Kier molecular flexibility index (Phi) is 4.29. The highest BCUT2D eigenvalue weighted by molar-refractivity contribution is 6.79. The van der Waals surface area contributed by atoms with Gasteiger partial charge in [0.25, 0.3) is 0 Å². The molecular weight excluding hydrogens is 280 g/mol. The predicted molar refractivity (Wildman–Crippen MR) is 90.6 cm³/mol. The summed E-state index contributed by atoms with van der Waals surface area (Å²) in [7, 11) is -2.43. The van der Waals surface area contributed by atoms with Crippen molar-refractivity contribution < 1.29 is 9.53 Å². The topological polar surface area (TPSA) is 26.3 Å². The molecule has 116 valence electrons. The van der Waals surface area contributed by atoms with Crippen LogP contribution in [0.25, 0.3) is 0 Å². The highest BCUT2D eigenvalue weighted by atomic mass is 28.3. The molecular formula is C16H32O2Si2. The van der Waals surface area contributed by atoms with Gasteiger partial charge in [-0.3, -0.25) is 4.79 Å². The van der Waals surface area contributed by atoms with Crippen LogP contribution in [-0.4, -0.2) is 28.7 Å². The van der Waals surface area contributed by atoms with E-state index in [0.717, 1.165) is 18.4 Å². The smallest absolute Gasteiger partial charge is 0.309 e.